The standard InChI is InChI=1S/C14H19FN2O2/c1-3-10-9-17(7-6-16(10)2)11-4-5-12(14(18)19)13(15)8-11/h4-5,8,10H,3,6-7,9H2,1-2H3,(H,18,19). The molecule has 1 aromatic carbocycles. The van der Waals surface area contributed by atoms with Crippen molar-refractivity contribution in [2.24, 2.45) is 0 Å². The summed E-state index contributed by atoms with van der Waals surface area (Å²) in [5, 5.41) is 8.82. The Morgan fingerprint density at radius 2 is 2.21 bits per heavy atom. The van der Waals surface area contributed by atoms with E-state index in [0.717, 1.165) is 31.7 Å². The van der Waals surface area contributed by atoms with Crippen LogP contribution >= 0.6 is 0 Å². The van der Waals surface area contributed by atoms with Gasteiger partial charge in [0.05, 0.1) is 5.56 Å². The molecule has 104 valence electrons. The molecule has 19 heavy (non-hydrogen) atoms. The lowest BCUT2D eigenvalue weighted by Crippen LogP contribution is -2.51. The van der Waals surface area contributed by atoms with Crippen molar-refractivity contribution >= 4 is 11.7 Å². The molecule has 1 atom stereocenters. The van der Waals surface area contributed by atoms with Crippen LogP contribution in [0.15, 0.2) is 18.2 Å². The Labute approximate surface area is 112 Å². The summed E-state index contributed by atoms with van der Waals surface area (Å²) in [4.78, 5) is 15.2. The van der Waals surface area contributed by atoms with Crippen LogP contribution in [0, 0.1) is 5.82 Å². The third-order valence-corrected chi connectivity index (χ3v) is 3.80. The monoisotopic (exact) mass is 266 g/mol. The molecule has 0 aromatic heterocycles. The van der Waals surface area contributed by atoms with Crippen LogP contribution < -0.4 is 4.90 Å². The zero-order chi connectivity index (χ0) is 14.0. The quantitative estimate of drug-likeness (QED) is 0.909. The Balaban J connectivity index is 2.18. The van der Waals surface area contributed by atoms with E-state index < -0.39 is 11.8 Å². The molecule has 1 aliphatic rings. The number of anilines is 1. The zero-order valence-corrected chi connectivity index (χ0v) is 11.3. The van der Waals surface area contributed by atoms with E-state index in [4.69, 9.17) is 5.11 Å². The molecule has 2 rings (SSSR count). The highest BCUT2D eigenvalue weighted by molar-refractivity contribution is 5.88. The van der Waals surface area contributed by atoms with Gasteiger partial charge in [0.2, 0.25) is 0 Å². The average Bonchev–Trinajstić information content (AvgIpc) is 2.38. The predicted molar refractivity (Wildman–Crippen MR) is 72.3 cm³/mol. The molecule has 1 aliphatic heterocycles. The number of aromatic carboxylic acids is 1. The molecule has 1 unspecified atom stereocenters. The minimum Gasteiger partial charge on any atom is -0.478 e. The Hall–Kier alpha value is -1.62. The molecule has 0 saturated carbocycles. The second kappa shape index (κ2) is 5.57. The number of carbonyl (C=O) groups is 1. The maximum atomic E-state index is 13.7. The molecule has 0 bridgehead atoms. The van der Waals surface area contributed by atoms with Crippen molar-refractivity contribution in [2.75, 3.05) is 31.6 Å². The number of rotatable bonds is 3. The fraction of sp³-hybridized carbons (Fsp3) is 0.500. The second-order valence-electron chi connectivity index (χ2n) is 4.96. The number of piperazine rings is 1. The van der Waals surface area contributed by atoms with E-state index in [0.29, 0.717) is 6.04 Å². The summed E-state index contributed by atoms with van der Waals surface area (Å²) in [6.45, 7) is 4.75. The molecule has 1 aromatic rings. The van der Waals surface area contributed by atoms with Gasteiger partial charge in [-0.3, -0.25) is 4.90 Å². The number of carboxylic acid groups (broad SMARTS) is 1. The zero-order valence-electron chi connectivity index (χ0n) is 11.3. The van der Waals surface area contributed by atoms with Crippen molar-refractivity contribution < 1.29 is 14.3 Å². The summed E-state index contributed by atoms with van der Waals surface area (Å²) in [6, 6.07) is 4.80. The maximum Gasteiger partial charge on any atom is 0.338 e. The van der Waals surface area contributed by atoms with Gasteiger partial charge in [-0.1, -0.05) is 6.92 Å². The first-order valence-electron chi connectivity index (χ1n) is 6.51. The summed E-state index contributed by atoms with van der Waals surface area (Å²) in [5.41, 5.74) is 0.485. The highest BCUT2D eigenvalue weighted by atomic mass is 19.1. The molecule has 1 N–H and O–H groups in total. The number of carboxylic acids is 1. The van der Waals surface area contributed by atoms with Crippen molar-refractivity contribution in [2.45, 2.75) is 19.4 Å². The Morgan fingerprint density at radius 3 is 2.79 bits per heavy atom. The number of benzene rings is 1. The summed E-state index contributed by atoms with van der Waals surface area (Å²) in [7, 11) is 2.10. The summed E-state index contributed by atoms with van der Waals surface area (Å²) >= 11 is 0. The molecular formula is C14H19FN2O2. The van der Waals surface area contributed by atoms with E-state index in [1.54, 1.807) is 6.07 Å². The van der Waals surface area contributed by atoms with E-state index in [2.05, 4.69) is 23.8 Å². The van der Waals surface area contributed by atoms with Gasteiger partial charge in [-0.2, -0.15) is 0 Å². The molecule has 4 nitrogen and oxygen atoms in total. The highest BCUT2D eigenvalue weighted by Crippen LogP contribution is 2.22. The lowest BCUT2D eigenvalue weighted by atomic mass is 10.1. The summed E-state index contributed by atoms with van der Waals surface area (Å²) in [5.74, 6) is -1.90. The van der Waals surface area contributed by atoms with Crippen molar-refractivity contribution in [3.63, 3.8) is 0 Å². The molecule has 0 radical (unpaired) electrons. The molecule has 1 saturated heterocycles. The third kappa shape index (κ3) is 2.87. The van der Waals surface area contributed by atoms with Crippen LogP contribution in [-0.4, -0.2) is 48.7 Å². The number of likely N-dealkylation sites (N-methyl/N-ethyl adjacent to an activating group) is 1. The molecule has 1 heterocycles. The number of hydrogen-bond donors (Lipinski definition) is 1. The Kier molecular flexibility index (Phi) is 4.04. The summed E-state index contributed by atoms with van der Waals surface area (Å²) in [6.07, 6.45) is 1.04. The average molecular weight is 266 g/mol. The van der Waals surface area contributed by atoms with Crippen LogP contribution in [0.25, 0.3) is 0 Å². The predicted octanol–water partition coefficient (Wildman–Crippen LogP) is 2.05. The third-order valence-electron chi connectivity index (χ3n) is 3.80. The second-order valence-corrected chi connectivity index (χ2v) is 4.96. The van der Waals surface area contributed by atoms with Gasteiger partial charge < -0.3 is 10.0 Å². The molecule has 5 heteroatoms. The molecule has 1 fully saturated rings. The van der Waals surface area contributed by atoms with Gasteiger partial charge in [-0.25, -0.2) is 9.18 Å². The number of halogens is 1. The lowest BCUT2D eigenvalue weighted by molar-refractivity contribution is 0.0692. The fourth-order valence-electron chi connectivity index (χ4n) is 2.50. The van der Waals surface area contributed by atoms with Crippen LogP contribution in [0.5, 0.6) is 0 Å². The maximum absolute atomic E-state index is 13.7. The first kappa shape index (κ1) is 13.8. The van der Waals surface area contributed by atoms with Gasteiger partial charge in [0.1, 0.15) is 5.82 Å². The topological polar surface area (TPSA) is 43.8 Å². The molecule has 0 amide bonds. The van der Waals surface area contributed by atoms with Crippen molar-refractivity contribution in [1.82, 2.24) is 4.90 Å². The van der Waals surface area contributed by atoms with E-state index in [1.807, 2.05) is 0 Å². The minimum absolute atomic E-state index is 0.273. The van der Waals surface area contributed by atoms with E-state index in [1.165, 1.54) is 12.1 Å². The van der Waals surface area contributed by atoms with Crippen LogP contribution in [0.3, 0.4) is 0 Å². The van der Waals surface area contributed by atoms with Crippen molar-refractivity contribution in [3.05, 3.63) is 29.6 Å². The number of hydrogen-bond acceptors (Lipinski definition) is 3. The van der Waals surface area contributed by atoms with E-state index in [9.17, 15) is 9.18 Å². The SMILES string of the molecule is CCC1CN(c2ccc(C(=O)O)c(F)c2)CCN1C. The fourth-order valence-corrected chi connectivity index (χ4v) is 2.50. The molecule has 0 aliphatic carbocycles. The van der Waals surface area contributed by atoms with Crippen molar-refractivity contribution in [1.29, 1.82) is 0 Å². The van der Waals surface area contributed by atoms with Crippen molar-refractivity contribution in [3.8, 4) is 0 Å². The van der Waals surface area contributed by atoms with Gasteiger partial charge in [0.15, 0.2) is 0 Å². The minimum atomic E-state index is -1.23. The van der Waals surface area contributed by atoms with Gasteiger partial charge in [0.25, 0.3) is 0 Å². The van der Waals surface area contributed by atoms with Gasteiger partial charge in [-0.15, -0.1) is 0 Å². The normalized spacial score (nSPS) is 20.6. The number of nitrogens with zero attached hydrogens (tertiary/aromatic N) is 2. The summed E-state index contributed by atoms with van der Waals surface area (Å²) < 4.78 is 13.7. The van der Waals surface area contributed by atoms with E-state index in [-0.39, 0.29) is 5.56 Å². The highest BCUT2D eigenvalue weighted by Gasteiger charge is 2.23. The first-order chi connectivity index (χ1) is 9.02. The smallest absolute Gasteiger partial charge is 0.338 e. The van der Waals surface area contributed by atoms with Crippen LogP contribution in [0.1, 0.15) is 23.7 Å². The Bertz CT molecular complexity index is 479. The molecular weight excluding hydrogens is 247 g/mol. The van der Waals surface area contributed by atoms with Gasteiger partial charge in [-0.05, 0) is 31.7 Å². The Morgan fingerprint density at radius 1 is 1.47 bits per heavy atom. The van der Waals surface area contributed by atoms with E-state index >= 15 is 0 Å². The van der Waals surface area contributed by atoms with Crippen LogP contribution in [0.2, 0.25) is 0 Å². The molecule has 0 spiro atoms. The van der Waals surface area contributed by atoms with Crippen LogP contribution in [0.4, 0.5) is 10.1 Å². The van der Waals surface area contributed by atoms with Gasteiger partial charge >= 0.3 is 5.97 Å². The van der Waals surface area contributed by atoms with Gasteiger partial charge in [0, 0.05) is 31.4 Å². The first-order valence-corrected chi connectivity index (χ1v) is 6.51. The largest absolute Gasteiger partial charge is 0.478 e. The van der Waals surface area contributed by atoms with Crippen LogP contribution in [-0.2, 0) is 0 Å². The lowest BCUT2D eigenvalue weighted by Gasteiger charge is -2.40.